The Balaban J connectivity index is 0.000000181. The fourth-order valence-electron chi connectivity index (χ4n) is 8.23. The maximum atomic E-state index is 6.05. The van der Waals surface area contributed by atoms with Crippen molar-refractivity contribution in [2.45, 2.75) is 46.5 Å². The van der Waals surface area contributed by atoms with E-state index in [1.54, 1.807) is 0 Å². The molecule has 0 amide bonds. The molecule has 2 aliphatic carbocycles. The van der Waals surface area contributed by atoms with Crippen molar-refractivity contribution in [3.8, 4) is 11.1 Å². The van der Waals surface area contributed by atoms with Gasteiger partial charge in [-0.3, -0.25) is 0 Å². The SMILES string of the molecule is C/C=C\C=C1\C=CC=C(N2c3ccc(C4C=C(C)C(C)=CC4)cc3-c3cccc4cccc2c34)C1=S.C=C(Cc1ccccc1)N=C(N=C(C)c1ccccc1)c1ccccc1. The number of hydrogen-bond donors (Lipinski definition) is 0. The van der Waals surface area contributed by atoms with Crippen molar-refractivity contribution in [2.75, 3.05) is 4.90 Å². The average Bonchev–Trinajstić information content (AvgIpc) is 3.31. The second-order valence-corrected chi connectivity index (χ2v) is 16.3. The van der Waals surface area contributed by atoms with Gasteiger partial charge >= 0.3 is 0 Å². The first kappa shape index (κ1) is 41.7. The molecule has 1 aliphatic heterocycles. The predicted molar refractivity (Wildman–Crippen MR) is 270 cm³/mol. The Kier molecular flexibility index (Phi) is 12.9. The number of allylic oxidation sites excluding steroid dienone is 12. The molecule has 0 saturated carbocycles. The van der Waals surface area contributed by atoms with E-state index < -0.39 is 0 Å². The number of benzene rings is 6. The van der Waals surface area contributed by atoms with E-state index >= 15 is 0 Å². The minimum atomic E-state index is 0.400. The molecule has 0 spiro atoms. The molecule has 1 atom stereocenters. The largest absolute Gasteiger partial charge is 0.308 e. The quantitative estimate of drug-likeness (QED) is 0.0662. The van der Waals surface area contributed by atoms with Crippen LogP contribution in [-0.4, -0.2) is 16.4 Å². The average molecular weight is 822 g/mol. The third-order valence-corrected chi connectivity index (χ3v) is 12.0. The smallest absolute Gasteiger partial charge is 0.159 e. The molecule has 6 aromatic rings. The van der Waals surface area contributed by atoms with Gasteiger partial charge in [-0.1, -0.05) is 200 Å². The van der Waals surface area contributed by atoms with E-state index in [0.717, 1.165) is 45.1 Å². The van der Waals surface area contributed by atoms with E-state index in [-0.39, 0.29) is 0 Å². The highest BCUT2D eigenvalue weighted by molar-refractivity contribution is 7.81. The van der Waals surface area contributed by atoms with Crippen molar-refractivity contribution in [3.63, 3.8) is 0 Å². The normalized spacial score (nSPS) is 16.7. The molecule has 4 heteroatoms. The van der Waals surface area contributed by atoms with Crippen molar-refractivity contribution < 1.29 is 0 Å². The van der Waals surface area contributed by atoms with Gasteiger partial charge < -0.3 is 4.90 Å². The van der Waals surface area contributed by atoms with Gasteiger partial charge in [0.15, 0.2) is 5.84 Å². The van der Waals surface area contributed by atoms with Crippen molar-refractivity contribution in [1.29, 1.82) is 0 Å². The molecule has 0 fully saturated rings. The second kappa shape index (κ2) is 19.1. The zero-order chi connectivity index (χ0) is 43.0. The van der Waals surface area contributed by atoms with Gasteiger partial charge in [-0.25, -0.2) is 9.98 Å². The van der Waals surface area contributed by atoms with Gasteiger partial charge in [0.2, 0.25) is 0 Å². The van der Waals surface area contributed by atoms with Crippen LogP contribution in [0.25, 0.3) is 21.9 Å². The van der Waals surface area contributed by atoms with Crippen molar-refractivity contribution in [3.05, 3.63) is 251 Å². The summed E-state index contributed by atoms with van der Waals surface area (Å²) in [4.78, 5) is 12.8. The van der Waals surface area contributed by atoms with Crippen LogP contribution >= 0.6 is 12.2 Å². The molecule has 0 bridgehead atoms. The highest BCUT2D eigenvalue weighted by Crippen LogP contribution is 2.51. The summed E-state index contributed by atoms with van der Waals surface area (Å²) in [5, 5.41) is 2.54. The summed E-state index contributed by atoms with van der Waals surface area (Å²) in [5.74, 6) is 1.09. The molecular weight excluding hydrogens is 771 g/mol. The minimum Gasteiger partial charge on any atom is -0.308 e. The van der Waals surface area contributed by atoms with Crippen LogP contribution in [0.2, 0.25) is 0 Å². The Morgan fingerprint density at radius 1 is 0.758 bits per heavy atom. The molecule has 1 heterocycles. The number of hydrogen-bond acceptors (Lipinski definition) is 3. The van der Waals surface area contributed by atoms with E-state index in [2.05, 4.69) is 147 Å². The van der Waals surface area contributed by atoms with Gasteiger partial charge in [0.05, 0.1) is 21.9 Å². The fraction of sp³-hybridized carbons (Fsp3) is 0.121. The van der Waals surface area contributed by atoms with E-state index in [1.165, 1.54) is 55.5 Å². The Morgan fingerprint density at radius 3 is 2.16 bits per heavy atom. The Morgan fingerprint density at radius 2 is 1.45 bits per heavy atom. The lowest BCUT2D eigenvalue weighted by molar-refractivity contribution is 0.832. The summed E-state index contributed by atoms with van der Waals surface area (Å²) in [6.07, 6.45) is 19.1. The number of fused-ring (bicyclic) bond motifs is 2. The summed E-state index contributed by atoms with van der Waals surface area (Å²) >= 11 is 6.05. The molecule has 0 saturated heterocycles. The second-order valence-electron chi connectivity index (χ2n) is 15.9. The van der Waals surface area contributed by atoms with Crippen molar-refractivity contribution >= 4 is 50.8 Å². The lowest BCUT2D eigenvalue weighted by Gasteiger charge is -2.36. The Labute approximate surface area is 372 Å². The molecule has 304 valence electrons. The zero-order valence-electron chi connectivity index (χ0n) is 35.9. The van der Waals surface area contributed by atoms with E-state index in [4.69, 9.17) is 22.2 Å². The molecule has 3 nitrogen and oxygen atoms in total. The van der Waals surface area contributed by atoms with Crippen molar-refractivity contribution in [1.82, 2.24) is 0 Å². The van der Waals surface area contributed by atoms with Crippen LogP contribution in [-0.2, 0) is 6.42 Å². The highest BCUT2D eigenvalue weighted by atomic mass is 32.1. The van der Waals surface area contributed by atoms with E-state index in [0.29, 0.717) is 18.2 Å². The van der Waals surface area contributed by atoms with Gasteiger partial charge in [-0.2, -0.15) is 0 Å². The molecule has 1 unspecified atom stereocenters. The molecule has 6 aromatic carbocycles. The van der Waals surface area contributed by atoms with E-state index in [1.807, 2.05) is 86.7 Å². The van der Waals surface area contributed by atoms with Gasteiger partial charge in [-0.15, -0.1) is 0 Å². The van der Waals surface area contributed by atoms with Gasteiger partial charge in [0.25, 0.3) is 0 Å². The molecule has 0 N–H and O–H groups in total. The number of rotatable bonds is 8. The first-order valence-corrected chi connectivity index (χ1v) is 21.7. The predicted octanol–water partition coefficient (Wildman–Crippen LogP) is 15.4. The van der Waals surface area contributed by atoms with Crippen LogP contribution in [0.1, 0.15) is 62.3 Å². The summed E-state index contributed by atoms with van der Waals surface area (Å²) in [7, 11) is 0. The van der Waals surface area contributed by atoms with Gasteiger partial charge in [0.1, 0.15) is 0 Å². The lowest BCUT2D eigenvalue weighted by atomic mass is 9.83. The third-order valence-electron chi connectivity index (χ3n) is 11.6. The summed E-state index contributed by atoms with van der Waals surface area (Å²) in [5.41, 5.74) is 16.2. The monoisotopic (exact) mass is 821 g/mol. The molecule has 0 radical (unpaired) electrons. The maximum absolute atomic E-state index is 6.05. The van der Waals surface area contributed by atoms with Gasteiger partial charge in [0, 0.05) is 40.3 Å². The first-order valence-electron chi connectivity index (χ1n) is 21.3. The number of amidine groups is 1. The Hall–Kier alpha value is -7.01. The van der Waals surface area contributed by atoms with Crippen LogP contribution in [0.5, 0.6) is 0 Å². The Bertz CT molecular complexity index is 2900. The highest BCUT2D eigenvalue weighted by Gasteiger charge is 2.30. The minimum absolute atomic E-state index is 0.400. The van der Waals surface area contributed by atoms with Crippen LogP contribution < -0.4 is 4.90 Å². The van der Waals surface area contributed by atoms with E-state index in [9.17, 15) is 0 Å². The van der Waals surface area contributed by atoms with Crippen LogP contribution in [0.4, 0.5) is 11.4 Å². The van der Waals surface area contributed by atoms with Gasteiger partial charge in [-0.05, 0) is 91.6 Å². The number of nitrogens with zero attached hydrogens (tertiary/aromatic N) is 3. The molecular formula is C58H51N3S. The van der Waals surface area contributed by atoms with Crippen molar-refractivity contribution in [2.24, 2.45) is 9.98 Å². The van der Waals surface area contributed by atoms with Crippen LogP contribution in [0.15, 0.2) is 239 Å². The molecule has 0 aromatic heterocycles. The summed E-state index contributed by atoms with van der Waals surface area (Å²) < 4.78 is 0. The summed E-state index contributed by atoms with van der Waals surface area (Å²) in [6.45, 7) is 12.6. The molecule has 62 heavy (non-hydrogen) atoms. The first-order chi connectivity index (χ1) is 30.3. The third kappa shape index (κ3) is 9.17. The standard InChI is InChI=1S/C34H29NS.C24H22N2/c1-4-5-9-25-12-8-15-32(34(25)36)35-30-19-18-27(26-17-16-22(2)23(3)20-26)21-29(30)28-13-6-10-24-11-7-14-31(35)33(24)28;1-19(18-21-12-6-3-7-13-21)25-24(23-16-10-5-11-17-23)26-20(2)22-14-8-4-9-15-22/h4-16,18-21,26H,17H2,1-3H3;3-17H,1,18H2,2H3/b5-4-,25-9-;. The fourth-order valence-corrected chi connectivity index (χ4v) is 8.52. The topological polar surface area (TPSA) is 28.0 Å². The number of thiocarbonyl (C=S) groups is 1. The van der Waals surface area contributed by atoms with Crippen LogP contribution in [0.3, 0.4) is 0 Å². The molecule has 3 aliphatic rings. The zero-order valence-corrected chi connectivity index (χ0v) is 36.7. The molecule has 9 rings (SSSR count). The van der Waals surface area contributed by atoms with Crippen LogP contribution in [0, 0.1) is 0 Å². The summed E-state index contributed by atoms with van der Waals surface area (Å²) in [6, 6.07) is 50.7. The lowest BCUT2D eigenvalue weighted by Crippen LogP contribution is -2.26. The number of aliphatic imine (C=N–C) groups is 2. The number of anilines is 2. The maximum Gasteiger partial charge on any atom is 0.159 e.